The van der Waals surface area contributed by atoms with Crippen LogP contribution in [0.2, 0.25) is 0 Å². The molecule has 4 rings (SSSR count). The third-order valence-electron chi connectivity index (χ3n) is 7.68. The zero-order chi connectivity index (χ0) is 31.8. The molecule has 1 saturated heterocycles. The molecule has 1 aliphatic rings. The molecule has 2 heterocycles. The number of primary amides is 1. The van der Waals surface area contributed by atoms with E-state index in [4.69, 9.17) is 10.5 Å². The van der Waals surface area contributed by atoms with Gasteiger partial charge in [-0.05, 0) is 30.0 Å². The summed E-state index contributed by atoms with van der Waals surface area (Å²) in [7, 11) is 0. The molecule has 6 atom stereocenters. The third kappa shape index (κ3) is 8.60. The molecule has 44 heavy (non-hydrogen) atoms. The first-order valence-electron chi connectivity index (χ1n) is 14.5. The van der Waals surface area contributed by atoms with Gasteiger partial charge in [0.2, 0.25) is 17.7 Å². The molecule has 1 aromatic heterocycles. The fraction of sp³-hybridized carbons (Fsp3) is 0.375. The molecule has 12 nitrogen and oxygen atoms in total. The number of rotatable bonds is 15. The molecule has 0 aliphatic carbocycles. The van der Waals surface area contributed by atoms with E-state index in [1.165, 1.54) is 6.07 Å². The second kappa shape index (κ2) is 14.6. The number of fused-ring (bicyclic) bond motifs is 1. The fourth-order valence-electron chi connectivity index (χ4n) is 5.01. The van der Waals surface area contributed by atoms with E-state index in [1.807, 2.05) is 49.4 Å². The number of hydrogen-bond acceptors (Lipinski definition) is 7. The highest BCUT2D eigenvalue weighted by Crippen LogP contribution is 2.30. The Kier molecular flexibility index (Phi) is 10.6. The highest BCUT2D eigenvalue weighted by atomic mass is 16.6. The Bertz CT molecular complexity index is 1520. The quantitative estimate of drug-likeness (QED) is 0.162. The van der Waals surface area contributed by atoms with Gasteiger partial charge in [-0.1, -0.05) is 74.9 Å². The van der Waals surface area contributed by atoms with Crippen LogP contribution in [0.25, 0.3) is 10.9 Å². The van der Waals surface area contributed by atoms with Crippen LogP contribution in [0.15, 0.2) is 66.7 Å². The standard InChI is InChI=1S/C32H37N5O7/c1-3-18(2)28(32(42)43)37-27(39)17-25-29(44-25)23(15-19-9-5-4-6-10-19)35-31(41)24(16-26(33)38)36-30(40)22-14-13-20-11-7-8-12-21(20)34-22/h4-14,18,23-25,28-29H,3,15-17H2,1-2H3,(H2,33,38)(H,35,41)(H,36,40)(H,37,39)(H,42,43)/t18?,23-,24?,25+,28?,29-/m0/s1. The van der Waals surface area contributed by atoms with E-state index < -0.39 is 66.4 Å². The van der Waals surface area contributed by atoms with Crippen LogP contribution in [0, 0.1) is 5.92 Å². The van der Waals surface area contributed by atoms with Gasteiger partial charge in [0.15, 0.2) is 0 Å². The van der Waals surface area contributed by atoms with Gasteiger partial charge in [-0.2, -0.15) is 0 Å². The van der Waals surface area contributed by atoms with Crippen molar-refractivity contribution in [2.45, 2.75) is 69.9 Å². The van der Waals surface area contributed by atoms with Crippen LogP contribution in [-0.2, 0) is 30.3 Å². The second-order valence-electron chi connectivity index (χ2n) is 11.0. The molecule has 232 valence electrons. The number of benzene rings is 2. The molecule has 2 aromatic carbocycles. The van der Waals surface area contributed by atoms with Crippen LogP contribution < -0.4 is 21.7 Å². The lowest BCUT2D eigenvalue weighted by molar-refractivity contribution is -0.143. The Morgan fingerprint density at radius 3 is 2.34 bits per heavy atom. The number of pyridine rings is 1. The molecular weight excluding hydrogens is 566 g/mol. The zero-order valence-electron chi connectivity index (χ0n) is 24.6. The van der Waals surface area contributed by atoms with Crippen LogP contribution in [0.3, 0.4) is 0 Å². The third-order valence-corrected chi connectivity index (χ3v) is 7.68. The molecule has 0 spiro atoms. The lowest BCUT2D eigenvalue weighted by Crippen LogP contribution is -2.53. The fourth-order valence-corrected chi connectivity index (χ4v) is 5.01. The summed E-state index contributed by atoms with van der Waals surface area (Å²) in [6, 6.07) is 16.9. The first kappa shape index (κ1) is 32.1. The lowest BCUT2D eigenvalue weighted by atomic mass is 9.98. The molecular formula is C32H37N5O7. The van der Waals surface area contributed by atoms with Crippen molar-refractivity contribution < 1.29 is 33.8 Å². The Balaban J connectivity index is 1.46. The molecule has 0 radical (unpaired) electrons. The van der Waals surface area contributed by atoms with Crippen LogP contribution in [0.5, 0.6) is 0 Å². The minimum atomic E-state index is -1.29. The molecule has 1 aliphatic heterocycles. The lowest BCUT2D eigenvalue weighted by Gasteiger charge is -2.22. The van der Waals surface area contributed by atoms with E-state index >= 15 is 0 Å². The van der Waals surface area contributed by atoms with Gasteiger partial charge in [0.1, 0.15) is 23.9 Å². The summed E-state index contributed by atoms with van der Waals surface area (Å²) in [6.07, 6.45) is -0.771. The molecule has 0 saturated carbocycles. The smallest absolute Gasteiger partial charge is 0.326 e. The van der Waals surface area contributed by atoms with Crippen molar-refractivity contribution in [1.29, 1.82) is 0 Å². The number of amides is 4. The van der Waals surface area contributed by atoms with E-state index in [1.54, 1.807) is 25.1 Å². The predicted octanol–water partition coefficient (Wildman–Crippen LogP) is 1.71. The number of ether oxygens (including phenoxy) is 1. The van der Waals surface area contributed by atoms with Gasteiger partial charge in [-0.3, -0.25) is 19.2 Å². The number of aromatic nitrogens is 1. The van der Waals surface area contributed by atoms with Gasteiger partial charge < -0.3 is 31.5 Å². The van der Waals surface area contributed by atoms with Crippen molar-refractivity contribution in [3.63, 3.8) is 0 Å². The normalized spacial score (nSPS) is 18.3. The molecule has 0 bridgehead atoms. The number of hydrogen-bond donors (Lipinski definition) is 5. The molecule has 1 fully saturated rings. The van der Waals surface area contributed by atoms with E-state index in [0.29, 0.717) is 18.4 Å². The Hall–Kier alpha value is -4.84. The SMILES string of the molecule is CCC(C)C(NC(=O)C[C@H]1O[C@H]1[C@H](Cc1ccccc1)NC(=O)C(CC(N)=O)NC(=O)c1ccc2ccccc2n1)C(=O)O. The molecule has 4 amide bonds. The Morgan fingerprint density at radius 1 is 0.955 bits per heavy atom. The average Bonchev–Trinajstić information content (AvgIpc) is 3.77. The summed E-state index contributed by atoms with van der Waals surface area (Å²) in [4.78, 5) is 67.1. The summed E-state index contributed by atoms with van der Waals surface area (Å²) in [5, 5.41) is 18.4. The largest absolute Gasteiger partial charge is 0.480 e. The van der Waals surface area contributed by atoms with Crippen molar-refractivity contribution in [2.24, 2.45) is 11.7 Å². The van der Waals surface area contributed by atoms with Crippen LogP contribution in [0.1, 0.15) is 49.2 Å². The number of carbonyl (C=O) groups excluding carboxylic acids is 4. The number of nitrogens with zero attached hydrogens (tertiary/aromatic N) is 1. The van der Waals surface area contributed by atoms with Crippen molar-refractivity contribution >= 4 is 40.5 Å². The number of epoxide rings is 1. The number of carbonyl (C=O) groups is 5. The van der Waals surface area contributed by atoms with Gasteiger partial charge in [0.05, 0.1) is 30.5 Å². The maximum absolute atomic E-state index is 13.5. The maximum Gasteiger partial charge on any atom is 0.326 e. The summed E-state index contributed by atoms with van der Waals surface area (Å²) < 4.78 is 5.79. The summed E-state index contributed by atoms with van der Waals surface area (Å²) in [6.45, 7) is 3.59. The summed E-state index contributed by atoms with van der Waals surface area (Å²) in [5.41, 5.74) is 6.97. The van der Waals surface area contributed by atoms with Gasteiger partial charge in [0.25, 0.3) is 5.91 Å². The Labute approximate surface area is 254 Å². The van der Waals surface area contributed by atoms with Crippen LogP contribution in [0.4, 0.5) is 0 Å². The maximum atomic E-state index is 13.5. The minimum absolute atomic E-state index is 0.0699. The summed E-state index contributed by atoms with van der Waals surface area (Å²) in [5.74, 6) is -3.94. The number of para-hydroxylation sites is 1. The number of nitrogens with one attached hydrogen (secondary N) is 3. The second-order valence-corrected chi connectivity index (χ2v) is 11.0. The van der Waals surface area contributed by atoms with Crippen molar-refractivity contribution in [1.82, 2.24) is 20.9 Å². The van der Waals surface area contributed by atoms with Crippen LogP contribution in [-0.4, -0.2) is 70.0 Å². The van der Waals surface area contributed by atoms with Crippen molar-refractivity contribution in [3.8, 4) is 0 Å². The Morgan fingerprint density at radius 2 is 1.66 bits per heavy atom. The van der Waals surface area contributed by atoms with Crippen molar-refractivity contribution in [2.75, 3.05) is 0 Å². The number of carboxylic acid groups (broad SMARTS) is 1. The number of carboxylic acids is 1. The van der Waals surface area contributed by atoms with Gasteiger partial charge >= 0.3 is 5.97 Å². The van der Waals surface area contributed by atoms with Crippen LogP contribution >= 0.6 is 0 Å². The van der Waals surface area contributed by atoms with Crippen molar-refractivity contribution in [3.05, 3.63) is 78.0 Å². The van der Waals surface area contributed by atoms with Gasteiger partial charge in [-0.15, -0.1) is 0 Å². The molecule has 3 unspecified atom stereocenters. The molecule has 3 aromatic rings. The first-order chi connectivity index (χ1) is 21.0. The molecule has 6 N–H and O–H groups in total. The minimum Gasteiger partial charge on any atom is -0.480 e. The van der Waals surface area contributed by atoms with Gasteiger partial charge in [-0.25, -0.2) is 9.78 Å². The summed E-state index contributed by atoms with van der Waals surface area (Å²) >= 11 is 0. The molecule has 12 heteroatoms. The highest BCUT2D eigenvalue weighted by molar-refractivity contribution is 5.99. The number of aliphatic carboxylic acids is 1. The highest BCUT2D eigenvalue weighted by Gasteiger charge is 2.47. The first-order valence-corrected chi connectivity index (χ1v) is 14.5. The van der Waals surface area contributed by atoms with E-state index in [-0.39, 0.29) is 18.0 Å². The van der Waals surface area contributed by atoms with Gasteiger partial charge in [0, 0.05) is 5.39 Å². The van der Waals surface area contributed by atoms with E-state index in [9.17, 15) is 29.1 Å². The van der Waals surface area contributed by atoms with E-state index in [2.05, 4.69) is 20.9 Å². The average molecular weight is 604 g/mol. The predicted molar refractivity (Wildman–Crippen MR) is 161 cm³/mol. The zero-order valence-corrected chi connectivity index (χ0v) is 24.6. The monoisotopic (exact) mass is 603 g/mol. The topological polar surface area (TPSA) is 193 Å². The van der Waals surface area contributed by atoms with E-state index in [0.717, 1.165) is 10.9 Å². The number of nitrogens with two attached hydrogens (primary N) is 1.